The van der Waals surface area contributed by atoms with E-state index in [0.29, 0.717) is 11.1 Å². The molecule has 1 fully saturated rings. The Bertz CT molecular complexity index is 595. The number of halogens is 1. The number of amides is 1. The van der Waals surface area contributed by atoms with Crippen molar-refractivity contribution in [2.24, 2.45) is 0 Å². The summed E-state index contributed by atoms with van der Waals surface area (Å²) >= 11 is 0. The molecule has 1 heterocycles. The molecule has 1 aliphatic rings. The van der Waals surface area contributed by atoms with Crippen LogP contribution in [0.1, 0.15) is 51.8 Å². The Morgan fingerprint density at radius 1 is 1.43 bits per heavy atom. The van der Waals surface area contributed by atoms with E-state index in [1.807, 2.05) is 0 Å². The van der Waals surface area contributed by atoms with Gasteiger partial charge in [-0.1, -0.05) is 6.07 Å². The van der Waals surface area contributed by atoms with Gasteiger partial charge in [-0.05, 0) is 57.9 Å². The summed E-state index contributed by atoms with van der Waals surface area (Å²) < 4.78 is 24.9. The number of carbonyl (C=O) groups is 1. The predicted molar refractivity (Wildman–Crippen MR) is 83.2 cm³/mol. The molecule has 0 aliphatic carbocycles. The highest BCUT2D eigenvalue weighted by Crippen LogP contribution is 2.38. The van der Waals surface area contributed by atoms with Crippen molar-refractivity contribution >= 4 is 6.09 Å². The molecule has 6 heteroatoms. The van der Waals surface area contributed by atoms with Gasteiger partial charge in [0.1, 0.15) is 17.1 Å². The maximum absolute atomic E-state index is 13.8. The van der Waals surface area contributed by atoms with E-state index in [0.717, 1.165) is 0 Å². The summed E-state index contributed by atoms with van der Waals surface area (Å²) in [5.74, 6) is -0.458. The number of hydrogen-bond acceptors (Lipinski definition) is 4. The van der Waals surface area contributed by atoms with Crippen LogP contribution in [0.25, 0.3) is 0 Å². The maximum atomic E-state index is 13.8. The van der Waals surface area contributed by atoms with E-state index in [1.165, 1.54) is 17.0 Å². The second-order valence-corrected chi connectivity index (χ2v) is 7.17. The lowest BCUT2D eigenvalue weighted by Gasteiger charge is -2.35. The first-order chi connectivity index (χ1) is 10.5. The lowest BCUT2D eigenvalue weighted by Crippen LogP contribution is -2.47. The van der Waals surface area contributed by atoms with Crippen LogP contribution in [0.15, 0.2) is 18.2 Å². The van der Waals surface area contributed by atoms with E-state index in [2.05, 4.69) is 0 Å². The first kappa shape index (κ1) is 17.7. The zero-order valence-corrected chi connectivity index (χ0v) is 14.2. The summed E-state index contributed by atoms with van der Waals surface area (Å²) in [6.45, 7) is 8.86. The lowest BCUT2D eigenvalue weighted by atomic mass is 10.0. The third kappa shape index (κ3) is 4.00. The Morgan fingerprint density at radius 3 is 2.65 bits per heavy atom. The van der Waals surface area contributed by atoms with Crippen LogP contribution in [-0.2, 0) is 16.1 Å². The molecule has 0 unspecified atom stereocenters. The highest BCUT2D eigenvalue weighted by Gasteiger charge is 2.46. The van der Waals surface area contributed by atoms with E-state index in [4.69, 9.17) is 9.47 Å². The number of aliphatic hydroxyl groups is 1. The zero-order valence-electron chi connectivity index (χ0n) is 14.2. The second kappa shape index (κ2) is 6.09. The van der Waals surface area contributed by atoms with Gasteiger partial charge in [-0.15, -0.1) is 0 Å². The van der Waals surface area contributed by atoms with E-state index in [-0.39, 0.29) is 13.2 Å². The number of ether oxygens (including phenoxy) is 2. The minimum atomic E-state index is -0.862. The highest BCUT2D eigenvalue weighted by molar-refractivity contribution is 5.70. The fraction of sp³-hybridized carbons (Fsp3) is 0.588. The molecule has 1 aromatic carbocycles. The van der Waals surface area contributed by atoms with Gasteiger partial charge in [0.05, 0.1) is 19.3 Å². The van der Waals surface area contributed by atoms with Gasteiger partial charge in [-0.2, -0.15) is 0 Å². The molecule has 1 aromatic rings. The fourth-order valence-corrected chi connectivity index (χ4v) is 2.66. The van der Waals surface area contributed by atoms with Crippen LogP contribution >= 0.6 is 0 Å². The number of nitrogens with zero attached hydrogens (tertiary/aromatic N) is 1. The maximum Gasteiger partial charge on any atom is 0.413 e. The molecule has 0 spiro atoms. The van der Waals surface area contributed by atoms with Gasteiger partial charge < -0.3 is 14.6 Å². The topological polar surface area (TPSA) is 59.0 Å². The van der Waals surface area contributed by atoms with Crippen LogP contribution in [0.5, 0.6) is 0 Å². The summed E-state index contributed by atoms with van der Waals surface area (Å²) in [7, 11) is 0. The molecule has 0 saturated carbocycles. The Hall–Kier alpha value is -1.66. The van der Waals surface area contributed by atoms with Crippen molar-refractivity contribution in [1.29, 1.82) is 0 Å². The smallest absolute Gasteiger partial charge is 0.413 e. The van der Waals surface area contributed by atoms with Gasteiger partial charge in [0.25, 0.3) is 0 Å². The third-order valence-corrected chi connectivity index (χ3v) is 3.62. The Morgan fingerprint density at radius 2 is 2.09 bits per heavy atom. The molecule has 5 nitrogen and oxygen atoms in total. The highest BCUT2D eigenvalue weighted by atomic mass is 19.1. The van der Waals surface area contributed by atoms with Gasteiger partial charge in [0.2, 0.25) is 0 Å². The Labute approximate surface area is 136 Å². The molecule has 0 aromatic heterocycles. The van der Waals surface area contributed by atoms with Crippen LogP contribution in [0.4, 0.5) is 9.18 Å². The molecule has 1 amide bonds. The van der Waals surface area contributed by atoms with Gasteiger partial charge in [0, 0.05) is 0 Å². The van der Waals surface area contributed by atoms with Crippen molar-refractivity contribution in [3.05, 3.63) is 35.1 Å². The average Bonchev–Trinajstić information content (AvgIpc) is 2.71. The summed E-state index contributed by atoms with van der Waals surface area (Å²) in [6, 6.07) is 3.82. The van der Waals surface area contributed by atoms with Crippen molar-refractivity contribution in [1.82, 2.24) is 4.90 Å². The quantitative estimate of drug-likeness (QED) is 0.906. The summed E-state index contributed by atoms with van der Waals surface area (Å²) in [4.78, 5) is 14.1. The molecule has 2 rings (SSSR count). The predicted octanol–water partition coefficient (Wildman–Crippen LogP) is 3.36. The number of hydrogen-bond donors (Lipinski definition) is 1. The number of rotatable bonds is 2. The molecule has 128 valence electrons. The molecule has 0 bridgehead atoms. The lowest BCUT2D eigenvalue weighted by molar-refractivity contribution is -0.0626. The van der Waals surface area contributed by atoms with Gasteiger partial charge in [0.15, 0.2) is 0 Å². The molecular weight excluding hydrogens is 301 g/mol. The number of aliphatic hydroxyl groups excluding tert-OH is 1. The molecular formula is C17H24FNO4. The molecule has 1 N–H and O–H groups in total. The summed E-state index contributed by atoms with van der Waals surface area (Å²) in [6.07, 6.45) is -0.514. The van der Waals surface area contributed by atoms with Crippen LogP contribution in [-0.4, -0.2) is 34.0 Å². The standard InChI is InChI=1S/C17H24FNO4/c1-16(2,3)23-15(21)19-14(10-22-17(19,4)5)12-6-11(9-20)7-13(18)8-12/h6-8,14,20H,9-10H2,1-5H3/t14-/m1/s1. The van der Waals surface area contributed by atoms with E-state index in [1.54, 1.807) is 40.7 Å². The van der Waals surface area contributed by atoms with Crippen molar-refractivity contribution < 1.29 is 23.8 Å². The molecule has 1 saturated heterocycles. The largest absolute Gasteiger partial charge is 0.444 e. The van der Waals surface area contributed by atoms with Crippen molar-refractivity contribution in [2.75, 3.05) is 6.61 Å². The zero-order chi connectivity index (χ0) is 17.4. The van der Waals surface area contributed by atoms with Crippen molar-refractivity contribution in [3.8, 4) is 0 Å². The van der Waals surface area contributed by atoms with Crippen LogP contribution < -0.4 is 0 Å². The minimum absolute atomic E-state index is 0.237. The molecule has 23 heavy (non-hydrogen) atoms. The third-order valence-electron chi connectivity index (χ3n) is 3.62. The average molecular weight is 325 g/mol. The van der Waals surface area contributed by atoms with Gasteiger partial charge in [-0.25, -0.2) is 9.18 Å². The first-order valence-electron chi connectivity index (χ1n) is 7.60. The molecule has 1 aliphatic heterocycles. The van der Waals surface area contributed by atoms with Crippen molar-refractivity contribution in [3.63, 3.8) is 0 Å². The minimum Gasteiger partial charge on any atom is -0.444 e. The monoisotopic (exact) mass is 325 g/mol. The number of carbonyl (C=O) groups excluding carboxylic acids is 1. The van der Waals surface area contributed by atoms with Gasteiger partial charge >= 0.3 is 6.09 Å². The SMILES string of the molecule is CC(C)(C)OC(=O)N1[C@@H](c2cc(F)cc(CO)c2)COC1(C)C. The first-order valence-corrected chi connectivity index (χ1v) is 7.60. The van der Waals surface area contributed by atoms with Crippen molar-refractivity contribution in [2.45, 2.75) is 58.6 Å². The molecule has 0 radical (unpaired) electrons. The summed E-state index contributed by atoms with van der Waals surface area (Å²) in [5.41, 5.74) is -0.476. The second-order valence-electron chi connectivity index (χ2n) is 7.17. The summed E-state index contributed by atoms with van der Waals surface area (Å²) in [5, 5.41) is 9.26. The van der Waals surface area contributed by atoms with Gasteiger partial charge in [-0.3, -0.25) is 4.90 Å². The van der Waals surface area contributed by atoms with Crippen LogP contribution in [0.3, 0.4) is 0 Å². The van der Waals surface area contributed by atoms with Crippen LogP contribution in [0.2, 0.25) is 0 Å². The van der Waals surface area contributed by atoms with E-state index < -0.39 is 29.3 Å². The Balaban J connectivity index is 2.37. The van der Waals surface area contributed by atoms with E-state index >= 15 is 0 Å². The molecule has 1 atom stereocenters. The van der Waals surface area contributed by atoms with Crippen LogP contribution in [0, 0.1) is 5.82 Å². The fourth-order valence-electron chi connectivity index (χ4n) is 2.66. The number of benzene rings is 1. The van der Waals surface area contributed by atoms with E-state index in [9.17, 15) is 14.3 Å². The normalized spacial score (nSPS) is 20.7. The Kier molecular flexibility index (Phi) is 4.69.